The van der Waals surface area contributed by atoms with Crippen LogP contribution in [0.25, 0.3) is 22.6 Å². The molecule has 24 heavy (non-hydrogen) atoms. The molecule has 0 radical (unpaired) electrons. The number of carbonyl (C=O) groups excluding carboxylic acids is 1. The average molecular weight is 325 g/mol. The Morgan fingerprint density at radius 2 is 1.83 bits per heavy atom. The number of aromatic nitrogens is 4. The van der Waals surface area contributed by atoms with E-state index in [4.69, 9.17) is 14.8 Å². The number of hydrogen-bond donors (Lipinski definition) is 1. The Hall–Kier alpha value is -3.03. The Labute approximate surface area is 137 Å². The van der Waals surface area contributed by atoms with Gasteiger partial charge >= 0.3 is 0 Å². The smallest absolute Gasteiger partial charge is 0.223 e. The third kappa shape index (κ3) is 2.36. The van der Waals surface area contributed by atoms with Gasteiger partial charge in [-0.05, 0) is 30.9 Å². The van der Waals surface area contributed by atoms with Gasteiger partial charge in [0.1, 0.15) is 0 Å². The molecule has 122 valence electrons. The molecule has 1 amide bonds. The number of hydrogen-bond acceptors (Lipinski definition) is 7. The van der Waals surface area contributed by atoms with E-state index in [-0.39, 0.29) is 5.91 Å². The second kappa shape index (κ2) is 5.55. The Morgan fingerprint density at radius 3 is 2.38 bits per heavy atom. The van der Waals surface area contributed by atoms with Crippen molar-refractivity contribution in [1.82, 2.24) is 20.7 Å². The zero-order chi connectivity index (χ0) is 16.6. The molecular weight excluding hydrogens is 310 g/mol. The molecule has 1 aliphatic carbocycles. The Morgan fingerprint density at radius 1 is 1.12 bits per heavy atom. The van der Waals surface area contributed by atoms with E-state index in [1.807, 2.05) is 18.2 Å². The predicted octanol–water partition coefficient (Wildman–Crippen LogP) is 1.98. The molecule has 0 unspecified atom stereocenters. The molecule has 1 fully saturated rings. The summed E-state index contributed by atoms with van der Waals surface area (Å²) in [6.07, 6.45) is 6.28. The maximum atomic E-state index is 11.9. The Bertz CT molecular complexity index is 854. The van der Waals surface area contributed by atoms with Gasteiger partial charge in [0.15, 0.2) is 11.5 Å². The van der Waals surface area contributed by atoms with Crippen molar-refractivity contribution in [3.05, 3.63) is 36.2 Å². The average Bonchev–Trinajstić information content (AvgIpc) is 3.23. The summed E-state index contributed by atoms with van der Waals surface area (Å²) in [5.74, 6) is 0.820. The van der Waals surface area contributed by atoms with Crippen LogP contribution in [0.1, 0.15) is 24.8 Å². The largest absolute Gasteiger partial charge is 0.369 e. The van der Waals surface area contributed by atoms with Crippen LogP contribution in [-0.4, -0.2) is 26.6 Å². The van der Waals surface area contributed by atoms with Gasteiger partial charge in [-0.15, -0.1) is 10.2 Å². The third-order valence-corrected chi connectivity index (χ3v) is 4.74. The van der Waals surface area contributed by atoms with Crippen molar-refractivity contribution in [3.63, 3.8) is 0 Å². The lowest BCUT2D eigenvalue weighted by Crippen LogP contribution is -2.44. The third-order valence-electron chi connectivity index (χ3n) is 4.74. The minimum atomic E-state index is -0.475. The summed E-state index contributed by atoms with van der Waals surface area (Å²) >= 11 is 0. The van der Waals surface area contributed by atoms with E-state index in [2.05, 4.69) is 20.7 Å². The van der Waals surface area contributed by atoms with Crippen LogP contribution in [0.15, 0.2) is 39.6 Å². The van der Waals surface area contributed by atoms with Gasteiger partial charge in [0.05, 0.1) is 17.8 Å². The lowest BCUT2D eigenvalue weighted by atomic mass is 9.64. The first kappa shape index (κ1) is 14.6. The number of nitrogens with zero attached hydrogens (tertiary/aromatic N) is 4. The van der Waals surface area contributed by atoms with Crippen LogP contribution in [0.5, 0.6) is 0 Å². The highest BCUT2D eigenvalue weighted by molar-refractivity contribution is 5.83. The molecule has 0 atom stereocenters. The van der Waals surface area contributed by atoms with Gasteiger partial charge in [0.25, 0.3) is 0 Å². The molecular formula is C16H15N5O3. The fourth-order valence-corrected chi connectivity index (χ4v) is 3.17. The van der Waals surface area contributed by atoms with Crippen LogP contribution in [0.4, 0.5) is 0 Å². The van der Waals surface area contributed by atoms with Crippen LogP contribution < -0.4 is 5.73 Å². The van der Waals surface area contributed by atoms with Gasteiger partial charge in [0, 0.05) is 21.7 Å². The minimum Gasteiger partial charge on any atom is -0.369 e. The second-order valence-corrected chi connectivity index (χ2v) is 6.11. The molecule has 0 spiro atoms. The molecule has 1 aliphatic rings. The summed E-state index contributed by atoms with van der Waals surface area (Å²) in [6.45, 7) is 0. The highest BCUT2D eigenvalue weighted by Crippen LogP contribution is 2.45. The van der Waals surface area contributed by atoms with Gasteiger partial charge in [-0.25, -0.2) is 0 Å². The van der Waals surface area contributed by atoms with E-state index in [0.29, 0.717) is 17.9 Å². The fourth-order valence-electron chi connectivity index (χ4n) is 3.17. The fraction of sp³-hybridized carbons (Fsp3) is 0.312. The van der Waals surface area contributed by atoms with Crippen LogP contribution in [0.2, 0.25) is 0 Å². The van der Waals surface area contributed by atoms with Gasteiger partial charge < -0.3 is 14.8 Å². The number of carbonyl (C=O) groups is 1. The molecule has 2 heterocycles. The molecule has 8 nitrogen and oxygen atoms in total. The first-order valence-corrected chi connectivity index (χ1v) is 7.66. The van der Waals surface area contributed by atoms with E-state index in [0.717, 1.165) is 36.0 Å². The quantitative estimate of drug-likeness (QED) is 0.761. The van der Waals surface area contributed by atoms with Crippen molar-refractivity contribution in [2.24, 2.45) is 11.1 Å². The summed E-state index contributed by atoms with van der Waals surface area (Å²) < 4.78 is 10.3. The second-order valence-electron chi connectivity index (χ2n) is 6.11. The zero-order valence-corrected chi connectivity index (χ0v) is 12.8. The lowest BCUT2D eigenvalue weighted by molar-refractivity contribution is -0.132. The number of primary amides is 1. The maximum Gasteiger partial charge on any atom is 0.223 e. The summed E-state index contributed by atoms with van der Waals surface area (Å²) in [6, 6.07) is 5.74. The maximum absolute atomic E-state index is 11.9. The van der Waals surface area contributed by atoms with E-state index in [1.54, 1.807) is 6.20 Å². The highest BCUT2D eigenvalue weighted by atomic mass is 16.5. The van der Waals surface area contributed by atoms with Crippen molar-refractivity contribution < 1.29 is 13.8 Å². The molecule has 0 saturated heterocycles. The summed E-state index contributed by atoms with van der Waals surface area (Å²) in [7, 11) is 0. The molecule has 1 saturated carbocycles. The molecule has 4 rings (SSSR count). The molecule has 0 aliphatic heterocycles. The minimum absolute atomic E-state index is 0.251. The van der Waals surface area contributed by atoms with Gasteiger partial charge in [-0.1, -0.05) is 18.6 Å². The van der Waals surface area contributed by atoms with Crippen molar-refractivity contribution in [2.75, 3.05) is 0 Å². The van der Waals surface area contributed by atoms with Crippen molar-refractivity contribution in [2.45, 2.75) is 25.7 Å². The first-order chi connectivity index (χ1) is 11.7. The van der Waals surface area contributed by atoms with Crippen LogP contribution in [0, 0.1) is 5.41 Å². The van der Waals surface area contributed by atoms with E-state index in [1.165, 1.54) is 6.20 Å². The SMILES string of the molecule is NC(=O)C1(Cc2ccc(-c3cnno3)cc2-c2cnno2)CCC1. The van der Waals surface area contributed by atoms with Gasteiger partial charge in [-0.2, -0.15) is 0 Å². The molecule has 8 heteroatoms. The summed E-state index contributed by atoms with van der Waals surface area (Å²) in [4.78, 5) is 11.9. The number of rotatable bonds is 5. The van der Waals surface area contributed by atoms with Gasteiger partial charge in [0.2, 0.25) is 5.91 Å². The Balaban J connectivity index is 1.77. The normalized spacial score (nSPS) is 15.8. The lowest BCUT2D eigenvalue weighted by Gasteiger charge is -2.39. The summed E-state index contributed by atoms with van der Waals surface area (Å²) in [5, 5.41) is 14.5. The highest BCUT2D eigenvalue weighted by Gasteiger charge is 2.43. The van der Waals surface area contributed by atoms with Crippen LogP contribution >= 0.6 is 0 Å². The van der Waals surface area contributed by atoms with Gasteiger partial charge in [-0.3, -0.25) is 4.79 Å². The standard InChI is InChI=1S/C16H15N5O3/c17-15(22)16(4-1-5-16)7-11-3-2-10(13-8-18-20-23-13)6-12(11)14-9-19-21-24-14/h2-3,6,8-9H,1,4-5,7H2,(H2,17,22). The number of amides is 1. The Kier molecular flexibility index (Phi) is 3.37. The zero-order valence-electron chi connectivity index (χ0n) is 12.8. The molecule has 3 aromatic rings. The van der Waals surface area contributed by atoms with E-state index >= 15 is 0 Å². The predicted molar refractivity (Wildman–Crippen MR) is 82.2 cm³/mol. The van der Waals surface area contributed by atoms with E-state index in [9.17, 15) is 4.79 Å². The number of benzene rings is 1. The number of nitrogens with two attached hydrogens (primary N) is 1. The van der Waals surface area contributed by atoms with Crippen LogP contribution in [-0.2, 0) is 11.2 Å². The topological polar surface area (TPSA) is 121 Å². The van der Waals surface area contributed by atoms with E-state index < -0.39 is 5.41 Å². The molecule has 1 aromatic carbocycles. The molecule has 2 aromatic heterocycles. The van der Waals surface area contributed by atoms with Crippen molar-refractivity contribution in [1.29, 1.82) is 0 Å². The molecule has 0 bridgehead atoms. The molecule has 2 N–H and O–H groups in total. The van der Waals surface area contributed by atoms with Crippen LogP contribution in [0.3, 0.4) is 0 Å². The first-order valence-electron chi connectivity index (χ1n) is 7.66. The van der Waals surface area contributed by atoms with Crippen molar-refractivity contribution >= 4 is 5.91 Å². The summed E-state index contributed by atoms with van der Waals surface area (Å²) in [5.41, 5.74) is 7.73. The monoisotopic (exact) mass is 325 g/mol. The van der Waals surface area contributed by atoms with Crippen molar-refractivity contribution in [3.8, 4) is 22.6 Å².